The van der Waals surface area contributed by atoms with Gasteiger partial charge in [0, 0.05) is 0 Å². The molecule has 66 valence electrons. The highest BCUT2D eigenvalue weighted by atomic mass is 16.3. The van der Waals surface area contributed by atoms with Gasteiger partial charge in [-0.25, -0.2) is 0 Å². The molecule has 0 saturated carbocycles. The van der Waals surface area contributed by atoms with E-state index in [1.807, 2.05) is 0 Å². The van der Waals surface area contributed by atoms with E-state index in [2.05, 4.69) is 11.2 Å². The number of phenols is 1. The Kier molecular flexibility index (Phi) is 2.93. The summed E-state index contributed by atoms with van der Waals surface area (Å²) < 4.78 is 0. The van der Waals surface area contributed by atoms with Crippen LogP contribution in [-0.4, -0.2) is 17.6 Å². The molecule has 0 aliphatic rings. The molecule has 1 amide bonds. The minimum Gasteiger partial charge on any atom is -0.507 e. The maximum atomic E-state index is 11.3. The molecule has 0 fully saturated rings. The molecule has 0 saturated heterocycles. The van der Waals surface area contributed by atoms with Gasteiger partial charge in [0.25, 0.3) is 5.91 Å². The van der Waals surface area contributed by atoms with Gasteiger partial charge in [0.05, 0.1) is 12.1 Å². The Labute approximate surface area is 76.4 Å². The number of amides is 1. The van der Waals surface area contributed by atoms with Gasteiger partial charge in [-0.3, -0.25) is 4.79 Å². The van der Waals surface area contributed by atoms with Gasteiger partial charge in [-0.05, 0) is 12.1 Å². The molecule has 2 N–H and O–H groups in total. The van der Waals surface area contributed by atoms with E-state index in [1.165, 1.54) is 12.1 Å². The lowest BCUT2D eigenvalue weighted by Gasteiger charge is -2.02. The number of carbonyl (C=O) groups is 1. The molecule has 0 aromatic heterocycles. The topological polar surface area (TPSA) is 49.3 Å². The molecule has 0 unspecified atom stereocenters. The predicted molar refractivity (Wildman–Crippen MR) is 49.3 cm³/mol. The van der Waals surface area contributed by atoms with E-state index in [0.717, 1.165) is 0 Å². The van der Waals surface area contributed by atoms with Crippen LogP contribution in [0.3, 0.4) is 0 Å². The van der Waals surface area contributed by atoms with Gasteiger partial charge in [0.15, 0.2) is 0 Å². The van der Waals surface area contributed by atoms with Crippen LogP contribution in [-0.2, 0) is 0 Å². The minimum atomic E-state index is -0.365. The summed E-state index contributed by atoms with van der Waals surface area (Å²) in [4.78, 5) is 11.3. The number of hydrogen-bond donors (Lipinski definition) is 2. The Morgan fingerprint density at radius 2 is 2.23 bits per heavy atom. The average Bonchev–Trinajstić information content (AvgIpc) is 2.15. The number of terminal acetylenes is 1. The Morgan fingerprint density at radius 1 is 1.54 bits per heavy atom. The van der Waals surface area contributed by atoms with Crippen molar-refractivity contribution in [2.75, 3.05) is 6.54 Å². The van der Waals surface area contributed by atoms with E-state index >= 15 is 0 Å². The smallest absolute Gasteiger partial charge is 0.255 e. The number of hydrogen-bond acceptors (Lipinski definition) is 2. The number of phenolic OH excluding ortho intramolecular Hbond substituents is 1. The highest BCUT2D eigenvalue weighted by molar-refractivity contribution is 5.96. The number of aromatic hydroxyl groups is 1. The van der Waals surface area contributed by atoms with Gasteiger partial charge >= 0.3 is 0 Å². The van der Waals surface area contributed by atoms with E-state index in [9.17, 15) is 9.90 Å². The van der Waals surface area contributed by atoms with Gasteiger partial charge in [0.2, 0.25) is 0 Å². The second kappa shape index (κ2) is 4.17. The first kappa shape index (κ1) is 9.14. The lowest BCUT2D eigenvalue weighted by molar-refractivity contribution is 0.0956. The summed E-state index contributed by atoms with van der Waals surface area (Å²) in [6.45, 7) is 0.160. The number of para-hydroxylation sites is 1. The lowest BCUT2D eigenvalue weighted by Crippen LogP contribution is -2.23. The fourth-order valence-electron chi connectivity index (χ4n) is 0.892. The summed E-state index contributed by atoms with van der Waals surface area (Å²) in [5.41, 5.74) is 0.234. The molecule has 0 heterocycles. The highest BCUT2D eigenvalue weighted by Crippen LogP contribution is 2.14. The van der Waals surface area contributed by atoms with E-state index in [1.54, 1.807) is 12.1 Å². The van der Waals surface area contributed by atoms with Gasteiger partial charge in [-0.1, -0.05) is 18.1 Å². The van der Waals surface area contributed by atoms with Crippen molar-refractivity contribution in [1.29, 1.82) is 0 Å². The molecule has 1 rings (SSSR count). The van der Waals surface area contributed by atoms with Gasteiger partial charge < -0.3 is 10.4 Å². The third-order valence-corrected chi connectivity index (χ3v) is 1.50. The Morgan fingerprint density at radius 3 is 2.85 bits per heavy atom. The molecule has 0 radical (unpaired) electrons. The van der Waals surface area contributed by atoms with Crippen LogP contribution >= 0.6 is 0 Å². The molecule has 0 spiro atoms. The summed E-state index contributed by atoms with van der Waals surface area (Å²) in [6, 6.07) is 6.30. The Hall–Kier alpha value is -1.95. The molecule has 0 aliphatic heterocycles. The van der Waals surface area contributed by atoms with Crippen molar-refractivity contribution in [2.45, 2.75) is 0 Å². The largest absolute Gasteiger partial charge is 0.507 e. The van der Waals surface area contributed by atoms with Crippen LogP contribution in [0, 0.1) is 12.3 Å². The fraction of sp³-hybridized carbons (Fsp3) is 0.100. The predicted octanol–water partition coefficient (Wildman–Crippen LogP) is 0.755. The lowest BCUT2D eigenvalue weighted by atomic mass is 10.2. The first-order valence-corrected chi connectivity index (χ1v) is 3.75. The van der Waals surface area contributed by atoms with Crippen molar-refractivity contribution in [3.8, 4) is 18.1 Å². The van der Waals surface area contributed by atoms with Gasteiger partial charge in [0.1, 0.15) is 5.75 Å². The SMILES string of the molecule is C#CCNC(=O)c1ccccc1O. The monoisotopic (exact) mass is 175 g/mol. The van der Waals surface area contributed by atoms with Crippen molar-refractivity contribution >= 4 is 5.91 Å². The van der Waals surface area contributed by atoms with Gasteiger partial charge in [-0.15, -0.1) is 6.42 Å². The second-order valence-electron chi connectivity index (χ2n) is 2.40. The molecule has 0 atom stereocenters. The summed E-state index contributed by atoms with van der Waals surface area (Å²) >= 11 is 0. The number of benzene rings is 1. The summed E-state index contributed by atoms with van der Waals surface area (Å²) in [5, 5.41) is 11.7. The van der Waals surface area contributed by atoms with Gasteiger partial charge in [-0.2, -0.15) is 0 Å². The number of carbonyl (C=O) groups excluding carboxylic acids is 1. The molecule has 1 aromatic rings. The molecule has 3 heteroatoms. The normalized spacial score (nSPS) is 8.85. The molecule has 13 heavy (non-hydrogen) atoms. The van der Waals surface area contributed by atoms with Crippen molar-refractivity contribution in [3.05, 3.63) is 29.8 Å². The van der Waals surface area contributed by atoms with Crippen LogP contribution in [0.2, 0.25) is 0 Å². The van der Waals surface area contributed by atoms with Crippen LogP contribution in [0.4, 0.5) is 0 Å². The van der Waals surface area contributed by atoms with E-state index in [-0.39, 0.29) is 23.8 Å². The van der Waals surface area contributed by atoms with Crippen LogP contribution in [0.25, 0.3) is 0 Å². The van der Waals surface area contributed by atoms with Crippen molar-refractivity contribution < 1.29 is 9.90 Å². The first-order valence-electron chi connectivity index (χ1n) is 3.75. The Bertz CT molecular complexity index is 352. The molecular formula is C10H9NO2. The van der Waals surface area contributed by atoms with Crippen LogP contribution in [0.5, 0.6) is 5.75 Å². The quantitative estimate of drug-likeness (QED) is 0.652. The number of rotatable bonds is 2. The van der Waals surface area contributed by atoms with Crippen molar-refractivity contribution in [1.82, 2.24) is 5.32 Å². The Balaban J connectivity index is 2.78. The number of nitrogens with one attached hydrogen (secondary N) is 1. The summed E-state index contributed by atoms with van der Waals surface area (Å²) in [7, 11) is 0. The second-order valence-corrected chi connectivity index (χ2v) is 2.40. The van der Waals surface area contributed by atoms with Crippen molar-refractivity contribution in [2.24, 2.45) is 0 Å². The zero-order chi connectivity index (χ0) is 9.68. The third-order valence-electron chi connectivity index (χ3n) is 1.50. The molecule has 0 aliphatic carbocycles. The molecule has 3 nitrogen and oxygen atoms in total. The molecule has 0 bridgehead atoms. The van der Waals surface area contributed by atoms with Crippen LogP contribution in [0.1, 0.15) is 10.4 Å². The van der Waals surface area contributed by atoms with Crippen LogP contribution < -0.4 is 5.32 Å². The standard InChI is InChI=1S/C10H9NO2/c1-2-7-11-10(13)8-5-3-4-6-9(8)12/h1,3-6,12H,7H2,(H,11,13). The fourth-order valence-corrected chi connectivity index (χ4v) is 0.892. The van der Waals surface area contributed by atoms with E-state index in [4.69, 9.17) is 6.42 Å². The molecule has 1 aromatic carbocycles. The maximum Gasteiger partial charge on any atom is 0.255 e. The van der Waals surface area contributed by atoms with Crippen LogP contribution in [0.15, 0.2) is 24.3 Å². The van der Waals surface area contributed by atoms with Crippen molar-refractivity contribution in [3.63, 3.8) is 0 Å². The summed E-state index contributed by atoms with van der Waals surface area (Å²) in [5.74, 6) is 1.87. The van der Waals surface area contributed by atoms with E-state index in [0.29, 0.717) is 0 Å². The minimum absolute atomic E-state index is 0.0444. The van der Waals surface area contributed by atoms with E-state index < -0.39 is 0 Å². The zero-order valence-corrected chi connectivity index (χ0v) is 6.95. The first-order chi connectivity index (χ1) is 6.25. The average molecular weight is 175 g/mol. The summed E-state index contributed by atoms with van der Waals surface area (Å²) in [6.07, 6.45) is 4.97. The third kappa shape index (κ3) is 2.24. The zero-order valence-electron chi connectivity index (χ0n) is 6.95. The maximum absolute atomic E-state index is 11.3. The highest BCUT2D eigenvalue weighted by Gasteiger charge is 2.07. The molecular weight excluding hydrogens is 166 g/mol.